The van der Waals surface area contributed by atoms with Crippen molar-refractivity contribution in [3.05, 3.63) is 45.8 Å². The minimum Gasteiger partial charge on any atom is -0.484 e. The number of rotatable bonds is 7. The summed E-state index contributed by atoms with van der Waals surface area (Å²) in [5.41, 5.74) is 2.06. The van der Waals surface area contributed by atoms with Crippen molar-refractivity contribution in [2.24, 2.45) is 0 Å². The number of amides is 1. The molecule has 0 radical (unpaired) electrons. The lowest BCUT2D eigenvalue weighted by Crippen LogP contribution is -2.21. The van der Waals surface area contributed by atoms with Crippen molar-refractivity contribution in [3.63, 3.8) is 0 Å². The zero-order chi connectivity index (χ0) is 19.4. The zero-order valence-corrected chi connectivity index (χ0v) is 16.1. The largest absolute Gasteiger partial charge is 0.484 e. The van der Waals surface area contributed by atoms with Crippen molar-refractivity contribution < 1.29 is 23.9 Å². The van der Waals surface area contributed by atoms with Crippen molar-refractivity contribution in [1.82, 2.24) is 0 Å². The first kappa shape index (κ1) is 19.1. The number of benzene rings is 1. The number of ether oxygens (including phenoxy) is 2. The van der Waals surface area contributed by atoms with E-state index < -0.39 is 5.97 Å². The van der Waals surface area contributed by atoms with Gasteiger partial charge in [0, 0.05) is 10.4 Å². The van der Waals surface area contributed by atoms with Crippen LogP contribution in [0.4, 0.5) is 5.00 Å². The van der Waals surface area contributed by atoms with E-state index in [2.05, 4.69) is 5.32 Å². The van der Waals surface area contributed by atoms with Gasteiger partial charge in [-0.05, 0) is 62.9 Å². The Morgan fingerprint density at radius 3 is 2.56 bits per heavy atom. The molecule has 1 N–H and O–H groups in total. The second kappa shape index (κ2) is 8.35. The highest BCUT2D eigenvalue weighted by Gasteiger charge is 2.28. The Hall–Kier alpha value is -2.67. The van der Waals surface area contributed by atoms with Crippen LogP contribution in [0.15, 0.2) is 24.3 Å². The third-order valence-electron chi connectivity index (χ3n) is 4.28. The second-order valence-corrected chi connectivity index (χ2v) is 7.30. The Morgan fingerprint density at radius 1 is 1.15 bits per heavy atom. The molecule has 1 heterocycles. The molecule has 0 atom stereocenters. The van der Waals surface area contributed by atoms with Crippen LogP contribution < -0.4 is 10.1 Å². The lowest BCUT2D eigenvalue weighted by atomic mass is 10.1. The van der Waals surface area contributed by atoms with E-state index in [9.17, 15) is 14.4 Å². The summed E-state index contributed by atoms with van der Waals surface area (Å²) in [6, 6.07) is 6.60. The highest BCUT2D eigenvalue weighted by Crippen LogP contribution is 2.39. The van der Waals surface area contributed by atoms with Gasteiger partial charge in [0.1, 0.15) is 10.8 Å². The SMILES string of the molecule is CCOC(=O)c1c(NC(=O)COc2ccc(C(C)=O)cc2)sc2c1CCC2. The molecule has 1 aromatic carbocycles. The Labute approximate surface area is 161 Å². The molecule has 0 spiro atoms. The van der Waals surface area contributed by atoms with Gasteiger partial charge in [0.05, 0.1) is 12.2 Å². The fourth-order valence-electron chi connectivity index (χ4n) is 3.01. The summed E-state index contributed by atoms with van der Waals surface area (Å²) in [7, 11) is 0. The summed E-state index contributed by atoms with van der Waals surface area (Å²) in [4.78, 5) is 37.0. The standard InChI is InChI=1S/C20H21NO5S/c1-3-25-20(24)18-15-5-4-6-16(15)27-19(18)21-17(23)11-26-14-9-7-13(8-10-14)12(2)22/h7-10H,3-6,11H2,1-2H3,(H,21,23). The zero-order valence-electron chi connectivity index (χ0n) is 15.3. The number of thiophene rings is 1. The molecule has 1 aromatic heterocycles. The molecule has 27 heavy (non-hydrogen) atoms. The summed E-state index contributed by atoms with van der Waals surface area (Å²) in [5, 5.41) is 3.31. The Bertz CT molecular complexity index is 869. The first-order valence-electron chi connectivity index (χ1n) is 8.85. The van der Waals surface area contributed by atoms with Crippen LogP contribution in [0, 0.1) is 0 Å². The van der Waals surface area contributed by atoms with E-state index >= 15 is 0 Å². The molecular formula is C20H21NO5S. The average Bonchev–Trinajstić information content (AvgIpc) is 3.21. The number of fused-ring (bicyclic) bond motifs is 1. The first-order valence-corrected chi connectivity index (χ1v) is 9.66. The number of esters is 1. The summed E-state index contributed by atoms with van der Waals surface area (Å²) in [6.45, 7) is 3.34. The maximum Gasteiger partial charge on any atom is 0.341 e. The van der Waals surface area contributed by atoms with E-state index in [1.54, 1.807) is 31.2 Å². The smallest absolute Gasteiger partial charge is 0.341 e. The Balaban J connectivity index is 1.65. The van der Waals surface area contributed by atoms with Gasteiger partial charge in [0.25, 0.3) is 5.91 Å². The van der Waals surface area contributed by atoms with Crippen LogP contribution >= 0.6 is 11.3 Å². The monoisotopic (exact) mass is 387 g/mol. The molecule has 3 rings (SSSR count). The first-order chi connectivity index (χ1) is 13.0. The molecule has 0 saturated heterocycles. The topological polar surface area (TPSA) is 81.7 Å². The van der Waals surface area contributed by atoms with Gasteiger partial charge < -0.3 is 14.8 Å². The lowest BCUT2D eigenvalue weighted by molar-refractivity contribution is -0.118. The predicted octanol–water partition coefficient (Wildman–Crippen LogP) is 3.63. The number of nitrogens with one attached hydrogen (secondary N) is 1. The van der Waals surface area contributed by atoms with Crippen molar-refractivity contribution >= 4 is 34.0 Å². The summed E-state index contributed by atoms with van der Waals surface area (Å²) in [6.07, 6.45) is 2.76. The molecule has 1 amide bonds. The maximum atomic E-state index is 12.3. The molecule has 0 unspecified atom stereocenters. The molecule has 2 aromatic rings. The van der Waals surface area contributed by atoms with Crippen molar-refractivity contribution in [1.29, 1.82) is 0 Å². The Morgan fingerprint density at radius 2 is 1.89 bits per heavy atom. The minimum atomic E-state index is -0.395. The number of aryl methyl sites for hydroxylation is 1. The van der Waals surface area contributed by atoms with Gasteiger partial charge in [0.15, 0.2) is 12.4 Å². The number of ketones is 1. The van der Waals surface area contributed by atoms with E-state index in [0.717, 1.165) is 29.7 Å². The normalized spacial score (nSPS) is 12.4. The number of carbonyl (C=O) groups excluding carboxylic acids is 3. The third-order valence-corrected chi connectivity index (χ3v) is 5.49. The van der Waals surface area contributed by atoms with Crippen molar-refractivity contribution in [3.8, 4) is 5.75 Å². The van der Waals surface area contributed by atoms with E-state index in [-0.39, 0.29) is 24.9 Å². The highest BCUT2D eigenvalue weighted by molar-refractivity contribution is 7.17. The van der Waals surface area contributed by atoms with Gasteiger partial charge >= 0.3 is 5.97 Å². The summed E-state index contributed by atoms with van der Waals surface area (Å²) < 4.78 is 10.6. The molecule has 1 aliphatic rings. The highest BCUT2D eigenvalue weighted by atomic mass is 32.1. The van der Waals surface area contributed by atoms with E-state index in [4.69, 9.17) is 9.47 Å². The quantitative estimate of drug-likeness (QED) is 0.579. The van der Waals surface area contributed by atoms with Crippen molar-refractivity contribution in [2.45, 2.75) is 33.1 Å². The van der Waals surface area contributed by atoms with Crippen LogP contribution in [0.1, 0.15) is 51.4 Å². The maximum absolute atomic E-state index is 12.3. The van der Waals surface area contributed by atoms with Gasteiger partial charge in [-0.15, -0.1) is 11.3 Å². The molecular weight excluding hydrogens is 366 g/mol. The average molecular weight is 387 g/mol. The lowest BCUT2D eigenvalue weighted by Gasteiger charge is -2.09. The van der Waals surface area contributed by atoms with Gasteiger partial charge in [-0.25, -0.2) is 4.79 Å². The molecule has 1 aliphatic carbocycles. The van der Waals surface area contributed by atoms with Crippen LogP contribution in [-0.4, -0.2) is 30.9 Å². The molecule has 0 saturated carbocycles. The molecule has 0 fully saturated rings. The molecule has 142 valence electrons. The van der Waals surface area contributed by atoms with Crippen LogP contribution in [0.3, 0.4) is 0 Å². The van der Waals surface area contributed by atoms with Gasteiger partial charge in [-0.1, -0.05) is 0 Å². The van der Waals surface area contributed by atoms with Crippen LogP contribution in [0.5, 0.6) is 5.75 Å². The van der Waals surface area contributed by atoms with Crippen molar-refractivity contribution in [2.75, 3.05) is 18.5 Å². The molecule has 0 bridgehead atoms. The number of carbonyl (C=O) groups is 3. The van der Waals surface area contributed by atoms with E-state index in [1.165, 1.54) is 18.3 Å². The fraction of sp³-hybridized carbons (Fsp3) is 0.350. The molecule has 6 nitrogen and oxygen atoms in total. The number of anilines is 1. The fourth-order valence-corrected chi connectivity index (χ4v) is 4.30. The minimum absolute atomic E-state index is 0.0310. The van der Waals surface area contributed by atoms with E-state index in [1.807, 2.05) is 0 Å². The third kappa shape index (κ3) is 4.36. The summed E-state index contributed by atoms with van der Waals surface area (Å²) >= 11 is 1.43. The van der Waals surface area contributed by atoms with Gasteiger partial charge in [0.2, 0.25) is 0 Å². The van der Waals surface area contributed by atoms with Crippen LogP contribution in [0.2, 0.25) is 0 Å². The van der Waals surface area contributed by atoms with E-state index in [0.29, 0.717) is 21.9 Å². The molecule has 7 heteroatoms. The Kier molecular flexibility index (Phi) is 5.91. The predicted molar refractivity (Wildman–Crippen MR) is 103 cm³/mol. The second-order valence-electron chi connectivity index (χ2n) is 6.20. The van der Waals surface area contributed by atoms with Crippen LogP contribution in [-0.2, 0) is 22.4 Å². The number of hydrogen-bond acceptors (Lipinski definition) is 6. The van der Waals surface area contributed by atoms with Gasteiger partial charge in [-0.2, -0.15) is 0 Å². The number of Topliss-reactive ketones (excluding diaryl/α,β-unsaturated/α-hetero) is 1. The van der Waals surface area contributed by atoms with Crippen LogP contribution in [0.25, 0.3) is 0 Å². The van der Waals surface area contributed by atoms with Gasteiger partial charge in [-0.3, -0.25) is 9.59 Å². The number of hydrogen-bond donors (Lipinski definition) is 1. The summed E-state index contributed by atoms with van der Waals surface area (Å²) in [5.74, 6) is -0.282. The molecule has 0 aliphatic heterocycles.